The summed E-state index contributed by atoms with van der Waals surface area (Å²) in [6.45, 7) is 3.68. The van der Waals surface area contributed by atoms with Gasteiger partial charge in [-0.15, -0.1) is 0 Å². The first kappa shape index (κ1) is 8.27. The molecular weight excluding hydrogens is 127 g/mol. The molecular formula is C3H9N2O2P-2. The van der Waals surface area contributed by atoms with Crippen LogP contribution in [-0.2, 0) is 0 Å². The van der Waals surface area contributed by atoms with E-state index in [1.54, 1.807) is 0 Å². The summed E-state index contributed by atoms with van der Waals surface area (Å²) in [6.07, 6.45) is 0. The highest BCUT2D eigenvalue weighted by Gasteiger charge is 1.83. The lowest BCUT2D eigenvalue weighted by Gasteiger charge is -2.32. The van der Waals surface area contributed by atoms with Crippen LogP contribution in [0.15, 0.2) is 0 Å². The van der Waals surface area contributed by atoms with Gasteiger partial charge in [-0.2, -0.15) is 0 Å². The lowest BCUT2D eigenvalue weighted by atomic mass is 10.4. The number of nitrogens with one attached hydrogen (secondary N) is 2. The maximum absolute atomic E-state index is 9.77. The fourth-order valence-electron chi connectivity index (χ4n) is 0.182. The molecule has 0 aliphatic carbocycles. The van der Waals surface area contributed by atoms with Crippen molar-refractivity contribution in [2.24, 2.45) is 0 Å². The van der Waals surface area contributed by atoms with E-state index in [2.05, 4.69) is 5.43 Å². The van der Waals surface area contributed by atoms with E-state index >= 15 is 0 Å². The molecule has 0 aromatic rings. The van der Waals surface area contributed by atoms with Gasteiger partial charge in [-0.1, -0.05) is 0 Å². The lowest BCUT2D eigenvalue weighted by Crippen LogP contribution is -2.39. The van der Waals surface area contributed by atoms with E-state index in [-0.39, 0.29) is 6.04 Å². The molecule has 0 saturated carbocycles. The van der Waals surface area contributed by atoms with Crippen LogP contribution in [-0.4, -0.2) is 6.04 Å². The molecule has 4 nitrogen and oxygen atoms in total. The predicted octanol–water partition coefficient (Wildman–Crippen LogP) is -1.56. The summed E-state index contributed by atoms with van der Waals surface area (Å²) in [7, 11) is -2.49. The van der Waals surface area contributed by atoms with Crippen LogP contribution < -0.4 is 20.4 Å². The monoisotopic (exact) mass is 136 g/mol. The van der Waals surface area contributed by atoms with Gasteiger partial charge < -0.3 is 9.79 Å². The van der Waals surface area contributed by atoms with E-state index in [0.29, 0.717) is 0 Å². The maximum atomic E-state index is 9.77. The molecule has 0 rings (SSSR count). The van der Waals surface area contributed by atoms with Crippen molar-refractivity contribution in [1.82, 2.24) is 10.6 Å². The fourth-order valence-corrected chi connectivity index (χ4v) is 0.545. The Morgan fingerprint density at radius 2 is 1.88 bits per heavy atom. The van der Waals surface area contributed by atoms with E-state index < -0.39 is 8.53 Å². The number of rotatable bonds is 3. The van der Waals surface area contributed by atoms with Crippen LogP contribution in [0.3, 0.4) is 0 Å². The molecule has 0 unspecified atom stereocenters. The first-order valence-corrected chi connectivity index (χ1v) is 3.46. The molecule has 0 aromatic carbocycles. The van der Waals surface area contributed by atoms with Gasteiger partial charge >= 0.3 is 0 Å². The average Bonchev–Trinajstić information content (AvgIpc) is 1.61. The van der Waals surface area contributed by atoms with Crippen molar-refractivity contribution < 1.29 is 9.79 Å². The van der Waals surface area contributed by atoms with E-state index in [9.17, 15) is 9.79 Å². The second-order valence-electron chi connectivity index (χ2n) is 1.67. The van der Waals surface area contributed by atoms with E-state index in [4.69, 9.17) is 0 Å². The Hall–Kier alpha value is 0.270. The van der Waals surface area contributed by atoms with Gasteiger partial charge in [-0.3, -0.25) is 10.6 Å². The minimum atomic E-state index is -2.49. The third-order valence-electron chi connectivity index (χ3n) is 0.445. The van der Waals surface area contributed by atoms with Crippen LogP contribution >= 0.6 is 8.53 Å². The second kappa shape index (κ2) is 4.18. The molecule has 0 aromatic heterocycles. The lowest BCUT2D eigenvalue weighted by molar-refractivity contribution is -0.297. The first-order valence-electron chi connectivity index (χ1n) is 2.28. The minimum absolute atomic E-state index is 0.142. The van der Waals surface area contributed by atoms with Crippen molar-refractivity contribution >= 4 is 8.53 Å². The molecule has 0 aliphatic rings. The third-order valence-corrected chi connectivity index (χ3v) is 0.756. The highest BCUT2D eigenvalue weighted by atomic mass is 31.2. The van der Waals surface area contributed by atoms with Gasteiger partial charge in [0.05, 0.1) is 0 Å². The molecule has 0 spiro atoms. The standard InChI is InChI=1S/C3H9N2O2P/c1-3(2)4-5-8(6)7/h3-5H,1-2H3/q-2. The van der Waals surface area contributed by atoms with E-state index in [1.165, 1.54) is 0 Å². The topological polar surface area (TPSA) is 70.2 Å². The summed E-state index contributed by atoms with van der Waals surface area (Å²) in [5.41, 5.74) is 2.50. The number of hydrogen-bond donors (Lipinski definition) is 2. The molecule has 0 amide bonds. The first-order chi connectivity index (χ1) is 3.63. The molecule has 0 radical (unpaired) electrons. The van der Waals surface area contributed by atoms with Gasteiger partial charge in [-0.25, -0.2) is 8.53 Å². The third kappa shape index (κ3) is 6.27. The normalized spacial score (nSPS) is 11.2. The Labute approximate surface area is 49.9 Å². The van der Waals surface area contributed by atoms with Crippen LogP contribution in [0.25, 0.3) is 0 Å². The van der Waals surface area contributed by atoms with Crippen molar-refractivity contribution in [3.63, 3.8) is 0 Å². The predicted molar refractivity (Wildman–Crippen MR) is 28.3 cm³/mol. The van der Waals surface area contributed by atoms with E-state index in [0.717, 1.165) is 0 Å². The largest absolute Gasteiger partial charge is 0.829 e. The maximum Gasteiger partial charge on any atom is 0.0158 e. The molecule has 8 heavy (non-hydrogen) atoms. The molecule has 0 bridgehead atoms. The molecule has 0 heterocycles. The Kier molecular flexibility index (Phi) is 4.32. The van der Waals surface area contributed by atoms with Crippen LogP contribution in [0, 0.1) is 0 Å². The molecule has 0 saturated heterocycles. The second-order valence-corrected chi connectivity index (χ2v) is 2.41. The fraction of sp³-hybridized carbons (Fsp3) is 1.00. The number of hydrogen-bond acceptors (Lipinski definition) is 4. The Bertz CT molecular complexity index is 51.2. The molecule has 0 fully saturated rings. The summed E-state index contributed by atoms with van der Waals surface area (Å²) in [6, 6.07) is 0.142. The zero-order valence-electron chi connectivity index (χ0n) is 4.84. The summed E-state index contributed by atoms with van der Waals surface area (Å²) in [5, 5.41) is 2.05. The molecule has 5 heteroatoms. The van der Waals surface area contributed by atoms with Crippen molar-refractivity contribution in [3.05, 3.63) is 0 Å². The Morgan fingerprint density at radius 1 is 1.38 bits per heavy atom. The number of hydrazine groups is 1. The highest BCUT2D eigenvalue weighted by molar-refractivity contribution is 7.39. The summed E-state index contributed by atoms with van der Waals surface area (Å²) in [5.74, 6) is 0. The average molecular weight is 136 g/mol. The van der Waals surface area contributed by atoms with Crippen LogP contribution in [0.5, 0.6) is 0 Å². The zero-order valence-corrected chi connectivity index (χ0v) is 5.74. The highest BCUT2D eigenvalue weighted by Crippen LogP contribution is 1.97. The Balaban J connectivity index is 2.93. The van der Waals surface area contributed by atoms with Crippen LogP contribution in [0.2, 0.25) is 0 Å². The van der Waals surface area contributed by atoms with Gasteiger partial charge in [0, 0.05) is 6.04 Å². The zero-order chi connectivity index (χ0) is 6.57. The molecule has 2 N–H and O–H groups in total. The van der Waals surface area contributed by atoms with Gasteiger partial charge in [0.15, 0.2) is 0 Å². The smallest absolute Gasteiger partial charge is 0.0158 e. The van der Waals surface area contributed by atoms with Crippen LogP contribution in [0.1, 0.15) is 13.8 Å². The van der Waals surface area contributed by atoms with Crippen molar-refractivity contribution in [1.29, 1.82) is 0 Å². The summed E-state index contributed by atoms with van der Waals surface area (Å²) in [4.78, 5) is 19.5. The van der Waals surface area contributed by atoms with Crippen molar-refractivity contribution in [2.75, 3.05) is 0 Å². The van der Waals surface area contributed by atoms with Gasteiger partial charge in [0.1, 0.15) is 0 Å². The molecule has 0 atom stereocenters. The SMILES string of the molecule is CC(C)NNP([O-])[O-]. The van der Waals surface area contributed by atoms with E-state index in [1.807, 2.05) is 19.0 Å². The Morgan fingerprint density at radius 3 is 2.00 bits per heavy atom. The van der Waals surface area contributed by atoms with Gasteiger partial charge in [0.25, 0.3) is 0 Å². The minimum Gasteiger partial charge on any atom is -0.829 e. The van der Waals surface area contributed by atoms with Crippen molar-refractivity contribution in [3.8, 4) is 0 Å². The molecule has 0 aliphatic heterocycles. The van der Waals surface area contributed by atoms with Gasteiger partial charge in [0.2, 0.25) is 0 Å². The summed E-state index contributed by atoms with van der Waals surface area (Å²) < 4.78 is 0. The van der Waals surface area contributed by atoms with Crippen LogP contribution in [0.4, 0.5) is 0 Å². The van der Waals surface area contributed by atoms with Crippen molar-refractivity contribution in [2.45, 2.75) is 19.9 Å². The molecule has 50 valence electrons. The quantitative estimate of drug-likeness (QED) is 0.363. The summed E-state index contributed by atoms with van der Waals surface area (Å²) >= 11 is 0. The van der Waals surface area contributed by atoms with Gasteiger partial charge in [-0.05, 0) is 13.8 Å².